The molecule has 0 saturated heterocycles. The maximum absolute atomic E-state index is 12.5. The van der Waals surface area contributed by atoms with E-state index in [1.54, 1.807) is 0 Å². The van der Waals surface area contributed by atoms with Crippen LogP contribution in [0.4, 0.5) is 0 Å². The summed E-state index contributed by atoms with van der Waals surface area (Å²) in [4.78, 5) is 34.8. The van der Waals surface area contributed by atoms with Crippen LogP contribution in [-0.2, 0) is 32.7 Å². The summed E-state index contributed by atoms with van der Waals surface area (Å²) >= 11 is 0. The number of nitrogens with two attached hydrogens (primary N) is 1. The number of esters is 2. The Labute approximate surface area is 335 Å². The molecule has 0 aliphatic rings. The zero-order chi connectivity index (χ0) is 40.3. The van der Waals surface area contributed by atoms with Crippen molar-refractivity contribution in [3.05, 3.63) is 72.9 Å². The highest BCUT2D eigenvalue weighted by molar-refractivity contribution is 7.47. The lowest BCUT2D eigenvalue weighted by atomic mass is 10.1. The summed E-state index contributed by atoms with van der Waals surface area (Å²) in [6.07, 6.45) is 49.4. The molecule has 316 valence electrons. The van der Waals surface area contributed by atoms with Crippen LogP contribution in [0.5, 0.6) is 0 Å². The van der Waals surface area contributed by atoms with E-state index < -0.39 is 32.5 Å². The molecule has 3 N–H and O–H groups in total. The molecule has 0 heterocycles. The lowest BCUT2D eigenvalue weighted by Gasteiger charge is -2.19. The van der Waals surface area contributed by atoms with Gasteiger partial charge in [0.25, 0.3) is 0 Å². The van der Waals surface area contributed by atoms with Gasteiger partial charge in [-0.2, -0.15) is 0 Å². The monoisotopic (exact) mass is 792 g/mol. The Morgan fingerprint density at radius 3 is 1.53 bits per heavy atom. The summed E-state index contributed by atoms with van der Waals surface area (Å²) in [5.74, 6) is -0.940. The SMILES string of the molecule is CCCCCC=CCC=CCC=CCC=CCC=CCCC(=O)OC(COC(=O)CCCCCCCC=CCCCCCCCC)COP(=O)(O)OCCN. The molecule has 0 saturated carbocycles. The van der Waals surface area contributed by atoms with E-state index in [1.165, 1.54) is 70.6 Å². The molecule has 0 rings (SSSR count). The fourth-order valence-electron chi connectivity index (χ4n) is 5.37. The lowest BCUT2D eigenvalue weighted by Crippen LogP contribution is -2.29. The van der Waals surface area contributed by atoms with E-state index in [4.69, 9.17) is 24.3 Å². The normalized spacial score (nSPS) is 14.0. The van der Waals surface area contributed by atoms with Crippen molar-refractivity contribution in [2.24, 2.45) is 5.73 Å². The molecular weight excluding hydrogens is 713 g/mol. The third-order valence-corrected chi connectivity index (χ3v) is 9.56. The Kier molecular flexibility index (Phi) is 39.2. The molecule has 0 radical (unpaired) electrons. The van der Waals surface area contributed by atoms with E-state index in [-0.39, 0.29) is 32.6 Å². The van der Waals surface area contributed by atoms with E-state index >= 15 is 0 Å². The Hall–Kier alpha value is -2.55. The van der Waals surface area contributed by atoms with Gasteiger partial charge in [-0.05, 0) is 77.0 Å². The smallest absolute Gasteiger partial charge is 0.462 e. The minimum Gasteiger partial charge on any atom is -0.462 e. The molecule has 0 aliphatic heterocycles. The standard InChI is InChI=1S/C45H78NO8P/c1-3-5-7-9-11-13-15-17-19-20-21-22-24-26-28-30-32-34-36-38-45(48)54-43(42-53-55(49,50)52-40-39-46)41-51-44(47)37-35-33-31-29-27-25-23-18-16-14-12-10-8-6-4-2/h11,13,17-19,21-23,26,28,32,34,43H,3-10,12,14-16,20,24-25,27,29-31,33,35-42,46H2,1-2H3,(H,49,50). The Morgan fingerprint density at radius 1 is 0.545 bits per heavy atom. The van der Waals surface area contributed by atoms with Gasteiger partial charge in [0, 0.05) is 19.4 Å². The van der Waals surface area contributed by atoms with Crippen molar-refractivity contribution in [2.45, 2.75) is 174 Å². The number of hydrogen-bond donors (Lipinski definition) is 2. The number of rotatable bonds is 39. The van der Waals surface area contributed by atoms with E-state index in [1.807, 2.05) is 12.2 Å². The van der Waals surface area contributed by atoms with Gasteiger partial charge in [0.15, 0.2) is 6.10 Å². The van der Waals surface area contributed by atoms with E-state index in [9.17, 15) is 19.0 Å². The molecule has 10 heteroatoms. The molecule has 0 aromatic rings. The molecule has 0 spiro atoms. The summed E-state index contributed by atoms with van der Waals surface area (Å²) in [7, 11) is -4.40. The van der Waals surface area contributed by atoms with Crippen LogP contribution in [0, 0.1) is 0 Å². The third-order valence-electron chi connectivity index (χ3n) is 8.58. The van der Waals surface area contributed by atoms with E-state index in [0.29, 0.717) is 12.8 Å². The minimum atomic E-state index is -4.40. The molecule has 0 aromatic heterocycles. The second kappa shape index (κ2) is 41.1. The fourth-order valence-corrected chi connectivity index (χ4v) is 6.14. The largest absolute Gasteiger partial charge is 0.472 e. The van der Waals surface area contributed by atoms with Gasteiger partial charge in [0.1, 0.15) is 6.61 Å². The van der Waals surface area contributed by atoms with Gasteiger partial charge in [-0.3, -0.25) is 18.6 Å². The van der Waals surface area contributed by atoms with Gasteiger partial charge in [0.05, 0.1) is 13.2 Å². The third kappa shape index (κ3) is 40.9. The Bertz CT molecular complexity index is 1130. The maximum atomic E-state index is 12.5. The van der Waals surface area contributed by atoms with Crippen molar-refractivity contribution in [2.75, 3.05) is 26.4 Å². The second-order valence-electron chi connectivity index (χ2n) is 13.8. The summed E-state index contributed by atoms with van der Waals surface area (Å²) in [6.45, 7) is 3.59. The summed E-state index contributed by atoms with van der Waals surface area (Å²) in [6, 6.07) is 0. The number of phosphoric ester groups is 1. The topological polar surface area (TPSA) is 134 Å². The van der Waals surface area contributed by atoms with Crippen LogP contribution in [0.1, 0.15) is 168 Å². The van der Waals surface area contributed by atoms with E-state index in [0.717, 1.165) is 57.8 Å². The molecule has 0 aromatic carbocycles. The molecule has 2 atom stereocenters. The van der Waals surface area contributed by atoms with Crippen LogP contribution < -0.4 is 5.73 Å². The number of ether oxygens (including phenoxy) is 2. The molecule has 2 unspecified atom stereocenters. The van der Waals surface area contributed by atoms with Gasteiger partial charge >= 0.3 is 19.8 Å². The number of carbonyl (C=O) groups excluding carboxylic acids is 2. The number of carbonyl (C=O) groups is 2. The molecule has 0 fully saturated rings. The quantitative estimate of drug-likeness (QED) is 0.0270. The van der Waals surface area contributed by atoms with Crippen LogP contribution in [0.25, 0.3) is 0 Å². The van der Waals surface area contributed by atoms with Gasteiger partial charge < -0.3 is 20.1 Å². The fraction of sp³-hybridized carbons (Fsp3) is 0.689. The van der Waals surface area contributed by atoms with Crippen LogP contribution in [0.3, 0.4) is 0 Å². The van der Waals surface area contributed by atoms with Gasteiger partial charge in [0.2, 0.25) is 0 Å². The number of unbranched alkanes of at least 4 members (excludes halogenated alkanes) is 14. The molecule has 9 nitrogen and oxygen atoms in total. The first-order valence-corrected chi connectivity index (χ1v) is 22.9. The average Bonchev–Trinajstić information content (AvgIpc) is 3.17. The van der Waals surface area contributed by atoms with Crippen molar-refractivity contribution < 1.29 is 37.6 Å². The highest BCUT2D eigenvalue weighted by atomic mass is 31.2. The lowest BCUT2D eigenvalue weighted by molar-refractivity contribution is -0.161. The molecule has 0 amide bonds. The molecule has 0 aliphatic carbocycles. The van der Waals surface area contributed by atoms with Gasteiger partial charge in [-0.25, -0.2) is 4.57 Å². The minimum absolute atomic E-state index is 0.0379. The van der Waals surface area contributed by atoms with Crippen molar-refractivity contribution in [3.63, 3.8) is 0 Å². The van der Waals surface area contributed by atoms with Crippen molar-refractivity contribution >= 4 is 19.8 Å². The maximum Gasteiger partial charge on any atom is 0.472 e. The zero-order valence-electron chi connectivity index (χ0n) is 34.6. The highest BCUT2D eigenvalue weighted by Gasteiger charge is 2.25. The van der Waals surface area contributed by atoms with Crippen LogP contribution in [0.15, 0.2) is 72.9 Å². The molecular formula is C45H78NO8P. The van der Waals surface area contributed by atoms with Crippen molar-refractivity contribution in [1.82, 2.24) is 0 Å². The first kappa shape index (κ1) is 52.5. The average molecular weight is 792 g/mol. The first-order valence-electron chi connectivity index (χ1n) is 21.4. The molecule has 55 heavy (non-hydrogen) atoms. The molecule has 0 bridgehead atoms. The number of phosphoric acid groups is 1. The predicted molar refractivity (Wildman–Crippen MR) is 229 cm³/mol. The highest BCUT2D eigenvalue weighted by Crippen LogP contribution is 2.43. The zero-order valence-corrected chi connectivity index (χ0v) is 35.5. The Balaban J connectivity index is 4.32. The Morgan fingerprint density at radius 2 is 0.982 bits per heavy atom. The van der Waals surface area contributed by atoms with E-state index in [2.05, 4.69) is 74.6 Å². The predicted octanol–water partition coefficient (Wildman–Crippen LogP) is 12.3. The van der Waals surface area contributed by atoms with Gasteiger partial charge in [-0.1, -0.05) is 151 Å². The van der Waals surface area contributed by atoms with Gasteiger partial charge in [-0.15, -0.1) is 0 Å². The summed E-state index contributed by atoms with van der Waals surface area (Å²) in [5.41, 5.74) is 5.34. The van der Waals surface area contributed by atoms with Crippen molar-refractivity contribution in [3.8, 4) is 0 Å². The number of allylic oxidation sites excluding steroid dienone is 12. The summed E-state index contributed by atoms with van der Waals surface area (Å²) < 4.78 is 32.7. The second-order valence-corrected chi connectivity index (χ2v) is 15.3. The number of hydrogen-bond acceptors (Lipinski definition) is 8. The van der Waals surface area contributed by atoms with Crippen LogP contribution in [0.2, 0.25) is 0 Å². The van der Waals surface area contributed by atoms with Crippen LogP contribution in [-0.4, -0.2) is 49.3 Å². The van der Waals surface area contributed by atoms with Crippen molar-refractivity contribution in [1.29, 1.82) is 0 Å². The first-order chi connectivity index (χ1) is 26.8. The summed E-state index contributed by atoms with van der Waals surface area (Å²) in [5, 5.41) is 0. The van der Waals surface area contributed by atoms with Crippen LogP contribution >= 0.6 is 7.82 Å².